The molecule has 5 rings (SSSR count). The Labute approximate surface area is 173 Å². The normalized spacial score (nSPS) is 11.3. The van der Waals surface area contributed by atoms with Crippen LogP contribution in [0.3, 0.4) is 0 Å². The number of fused-ring (bicyclic) bond motifs is 3. The average molecular weight is 399 g/mol. The second-order valence-electron chi connectivity index (χ2n) is 7.09. The first kappa shape index (κ1) is 18.2. The maximum Gasteiger partial charge on any atom is 0.185 e. The lowest BCUT2D eigenvalue weighted by Gasteiger charge is -2.08. The highest BCUT2D eigenvalue weighted by Crippen LogP contribution is 2.32. The molecule has 0 saturated heterocycles. The molecule has 0 aliphatic carbocycles. The molecule has 2 aromatic carbocycles. The van der Waals surface area contributed by atoms with Gasteiger partial charge >= 0.3 is 0 Å². The second kappa shape index (κ2) is 6.88. The molecule has 0 spiro atoms. The maximum absolute atomic E-state index is 5.49. The minimum atomic E-state index is 0.607. The van der Waals surface area contributed by atoms with E-state index >= 15 is 0 Å². The summed E-state index contributed by atoms with van der Waals surface area (Å²) in [6, 6.07) is 15.7. The average Bonchev–Trinajstić information content (AvgIpc) is 3.33. The fourth-order valence-electron chi connectivity index (χ4n) is 3.85. The molecular formula is C23H21N5O2. The fourth-order valence-corrected chi connectivity index (χ4v) is 3.85. The highest BCUT2D eigenvalue weighted by molar-refractivity contribution is 5.95. The van der Waals surface area contributed by atoms with Crippen LogP contribution in [0.2, 0.25) is 0 Å². The number of aryl methyl sites for hydroxylation is 1. The number of para-hydroxylation sites is 1. The number of nitrogens with zero attached hydrogens (tertiary/aromatic N) is 5. The standard InChI is InChI=1S/C23H21N5O2/c1-14-15(2)28(16-9-11-17(29-3)12-10-16)22-20(14)23-25-21(26-27(23)13-24-22)18-7-5-6-8-19(18)30-4/h5-13H,1-4H3. The van der Waals surface area contributed by atoms with Gasteiger partial charge in [-0.25, -0.2) is 14.5 Å². The second-order valence-corrected chi connectivity index (χ2v) is 7.09. The Morgan fingerprint density at radius 2 is 1.63 bits per heavy atom. The molecule has 5 aromatic rings. The van der Waals surface area contributed by atoms with Crippen LogP contribution < -0.4 is 9.47 Å². The van der Waals surface area contributed by atoms with E-state index in [-0.39, 0.29) is 0 Å². The zero-order valence-corrected chi connectivity index (χ0v) is 17.2. The van der Waals surface area contributed by atoms with Crippen molar-refractivity contribution in [1.82, 2.24) is 24.1 Å². The predicted molar refractivity (Wildman–Crippen MR) is 116 cm³/mol. The number of benzene rings is 2. The number of aromatic nitrogens is 5. The van der Waals surface area contributed by atoms with Crippen molar-refractivity contribution >= 4 is 16.7 Å². The van der Waals surface area contributed by atoms with Gasteiger partial charge in [-0.1, -0.05) is 12.1 Å². The van der Waals surface area contributed by atoms with Gasteiger partial charge in [0.25, 0.3) is 0 Å². The Morgan fingerprint density at radius 3 is 2.37 bits per heavy atom. The van der Waals surface area contributed by atoms with Gasteiger partial charge < -0.3 is 9.47 Å². The minimum absolute atomic E-state index is 0.607. The molecule has 150 valence electrons. The number of ether oxygens (including phenoxy) is 2. The first-order valence-corrected chi connectivity index (χ1v) is 9.63. The summed E-state index contributed by atoms with van der Waals surface area (Å²) >= 11 is 0. The predicted octanol–water partition coefficient (Wildman–Crippen LogP) is 4.37. The van der Waals surface area contributed by atoms with Crippen LogP contribution in [-0.2, 0) is 0 Å². The van der Waals surface area contributed by atoms with Crippen molar-refractivity contribution in [2.24, 2.45) is 0 Å². The molecule has 0 saturated carbocycles. The van der Waals surface area contributed by atoms with Crippen molar-refractivity contribution in [3.05, 3.63) is 66.1 Å². The van der Waals surface area contributed by atoms with E-state index in [9.17, 15) is 0 Å². The third-order valence-corrected chi connectivity index (χ3v) is 5.51. The zero-order chi connectivity index (χ0) is 20.8. The van der Waals surface area contributed by atoms with E-state index in [0.29, 0.717) is 5.82 Å². The molecular weight excluding hydrogens is 378 g/mol. The van der Waals surface area contributed by atoms with Crippen LogP contribution in [-0.4, -0.2) is 38.4 Å². The van der Waals surface area contributed by atoms with Gasteiger partial charge in [-0.15, -0.1) is 5.10 Å². The molecule has 0 unspecified atom stereocenters. The summed E-state index contributed by atoms with van der Waals surface area (Å²) in [5.41, 5.74) is 5.72. The summed E-state index contributed by atoms with van der Waals surface area (Å²) in [7, 11) is 3.31. The van der Waals surface area contributed by atoms with Crippen molar-refractivity contribution in [1.29, 1.82) is 0 Å². The largest absolute Gasteiger partial charge is 0.497 e. The molecule has 30 heavy (non-hydrogen) atoms. The van der Waals surface area contributed by atoms with Gasteiger partial charge in [0.05, 0.1) is 25.2 Å². The van der Waals surface area contributed by atoms with Gasteiger partial charge in [-0.05, 0) is 55.8 Å². The number of rotatable bonds is 4. The van der Waals surface area contributed by atoms with Gasteiger partial charge in [0.1, 0.15) is 17.8 Å². The molecule has 0 amide bonds. The summed E-state index contributed by atoms with van der Waals surface area (Å²) in [6.07, 6.45) is 1.71. The topological polar surface area (TPSA) is 66.5 Å². The van der Waals surface area contributed by atoms with E-state index in [0.717, 1.165) is 50.7 Å². The van der Waals surface area contributed by atoms with Crippen LogP contribution in [0.15, 0.2) is 54.9 Å². The Kier molecular flexibility index (Phi) is 4.17. The lowest BCUT2D eigenvalue weighted by atomic mass is 10.2. The number of methoxy groups -OCH3 is 2. The zero-order valence-electron chi connectivity index (χ0n) is 17.2. The lowest BCUT2D eigenvalue weighted by Crippen LogP contribution is -1.99. The van der Waals surface area contributed by atoms with Crippen LogP contribution in [0.5, 0.6) is 11.5 Å². The van der Waals surface area contributed by atoms with Crippen molar-refractivity contribution in [2.45, 2.75) is 13.8 Å². The van der Waals surface area contributed by atoms with Crippen molar-refractivity contribution in [2.75, 3.05) is 14.2 Å². The Morgan fingerprint density at radius 1 is 0.867 bits per heavy atom. The molecule has 0 fully saturated rings. The molecule has 0 aliphatic rings. The van der Waals surface area contributed by atoms with Crippen LogP contribution >= 0.6 is 0 Å². The molecule has 3 aromatic heterocycles. The number of hydrogen-bond acceptors (Lipinski definition) is 5. The van der Waals surface area contributed by atoms with Crippen molar-refractivity contribution < 1.29 is 9.47 Å². The molecule has 7 nitrogen and oxygen atoms in total. The van der Waals surface area contributed by atoms with E-state index in [2.05, 4.69) is 23.5 Å². The maximum atomic E-state index is 5.49. The van der Waals surface area contributed by atoms with E-state index in [1.54, 1.807) is 25.1 Å². The molecule has 3 heterocycles. The molecule has 0 bridgehead atoms. The Bertz CT molecular complexity index is 1380. The lowest BCUT2D eigenvalue weighted by molar-refractivity contribution is 0.414. The Hall–Kier alpha value is -3.87. The van der Waals surface area contributed by atoms with Crippen LogP contribution in [0.4, 0.5) is 0 Å². The summed E-state index contributed by atoms with van der Waals surface area (Å²) in [5.74, 6) is 2.16. The number of hydrogen-bond donors (Lipinski definition) is 0. The van der Waals surface area contributed by atoms with Gasteiger partial charge in [0.2, 0.25) is 0 Å². The Balaban J connectivity index is 1.75. The summed E-state index contributed by atoms with van der Waals surface area (Å²) < 4.78 is 14.7. The van der Waals surface area contributed by atoms with Gasteiger partial charge in [0, 0.05) is 11.4 Å². The van der Waals surface area contributed by atoms with E-state index in [4.69, 9.17) is 19.4 Å². The van der Waals surface area contributed by atoms with E-state index in [1.165, 1.54) is 0 Å². The van der Waals surface area contributed by atoms with Crippen LogP contribution in [0.1, 0.15) is 11.3 Å². The van der Waals surface area contributed by atoms with Gasteiger partial charge in [0.15, 0.2) is 17.1 Å². The molecule has 0 radical (unpaired) electrons. The molecule has 7 heteroatoms. The quantitative estimate of drug-likeness (QED) is 0.449. The summed E-state index contributed by atoms with van der Waals surface area (Å²) in [6.45, 7) is 4.19. The van der Waals surface area contributed by atoms with Crippen molar-refractivity contribution in [3.8, 4) is 28.6 Å². The highest BCUT2D eigenvalue weighted by atomic mass is 16.5. The van der Waals surface area contributed by atoms with Crippen LogP contribution in [0, 0.1) is 13.8 Å². The first-order chi connectivity index (χ1) is 14.6. The minimum Gasteiger partial charge on any atom is -0.497 e. The third kappa shape index (κ3) is 2.62. The summed E-state index contributed by atoms with van der Waals surface area (Å²) in [5, 5.41) is 5.64. The SMILES string of the molecule is COc1ccc(-n2c(C)c(C)c3c2ncn2nc(-c4ccccc4OC)nc32)cc1. The molecule has 0 N–H and O–H groups in total. The van der Waals surface area contributed by atoms with E-state index < -0.39 is 0 Å². The van der Waals surface area contributed by atoms with Gasteiger partial charge in [-0.2, -0.15) is 0 Å². The van der Waals surface area contributed by atoms with Gasteiger partial charge in [-0.3, -0.25) is 4.57 Å². The fraction of sp³-hybridized carbons (Fsp3) is 0.174. The smallest absolute Gasteiger partial charge is 0.185 e. The monoisotopic (exact) mass is 399 g/mol. The van der Waals surface area contributed by atoms with Crippen molar-refractivity contribution in [3.63, 3.8) is 0 Å². The first-order valence-electron chi connectivity index (χ1n) is 9.63. The molecule has 0 aliphatic heterocycles. The summed E-state index contributed by atoms with van der Waals surface area (Å²) in [4.78, 5) is 9.58. The van der Waals surface area contributed by atoms with E-state index in [1.807, 2.05) is 48.5 Å². The molecule has 0 atom stereocenters. The van der Waals surface area contributed by atoms with Crippen LogP contribution in [0.25, 0.3) is 33.8 Å². The third-order valence-electron chi connectivity index (χ3n) is 5.51. The highest BCUT2D eigenvalue weighted by Gasteiger charge is 2.20.